The average Bonchev–Trinajstić information content (AvgIpc) is 2.75. The number of para-hydroxylation sites is 1. The first kappa shape index (κ1) is 12.4. The van der Waals surface area contributed by atoms with Crippen LogP contribution in [0.2, 0.25) is 0 Å². The molecule has 100 valence electrons. The number of aromatic nitrogens is 1. The molecule has 1 fully saturated rings. The van der Waals surface area contributed by atoms with Gasteiger partial charge in [0.1, 0.15) is 11.3 Å². The minimum Gasteiger partial charge on any atom is -0.494 e. The zero-order chi connectivity index (χ0) is 13.1. The van der Waals surface area contributed by atoms with Gasteiger partial charge in [0.15, 0.2) is 0 Å². The Kier molecular flexibility index (Phi) is 3.62. The average molecular weight is 258 g/mol. The van der Waals surface area contributed by atoms with E-state index in [9.17, 15) is 0 Å². The monoisotopic (exact) mass is 258 g/mol. The van der Waals surface area contributed by atoms with Gasteiger partial charge in [-0.25, -0.2) is 4.98 Å². The second kappa shape index (κ2) is 5.55. The Hall–Kier alpha value is -1.65. The molecule has 2 heterocycles. The number of hydrogen-bond acceptors (Lipinski definition) is 4. The second-order valence-corrected chi connectivity index (χ2v) is 4.68. The van der Waals surface area contributed by atoms with Gasteiger partial charge in [-0.1, -0.05) is 18.2 Å². The molecule has 1 atom stereocenters. The quantitative estimate of drug-likeness (QED) is 0.897. The fourth-order valence-electron chi connectivity index (χ4n) is 2.46. The van der Waals surface area contributed by atoms with Gasteiger partial charge in [0.05, 0.1) is 25.5 Å². The SMILES string of the molecule is COc1cccc2ccc(C3CCOCCN3)nc12. The van der Waals surface area contributed by atoms with E-state index < -0.39 is 0 Å². The van der Waals surface area contributed by atoms with Gasteiger partial charge in [-0.3, -0.25) is 0 Å². The molecule has 2 aromatic rings. The lowest BCUT2D eigenvalue weighted by Gasteiger charge is -2.15. The fourth-order valence-corrected chi connectivity index (χ4v) is 2.46. The summed E-state index contributed by atoms with van der Waals surface area (Å²) in [6.07, 6.45) is 0.952. The van der Waals surface area contributed by atoms with Crippen molar-refractivity contribution in [3.63, 3.8) is 0 Å². The standard InChI is InChI=1S/C15H18N2O2/c1-18-14-4-2-3-11-5-6-13(17-15(11)14)12-7-9-19-10-8-16-12/h2-6,12,16H,7-10H2,1H3. The predicted molar refractivity (Wildman–Crippen MR) is 74.5 cm³/mol. The van der Waals surface area contributed by atoms with Crippen molar-refractivity contribution in [3.8, 4) is 5.75 Å². The summed E-state index contributed by atoms with van der Waals surface area (Å²) in [5.74, 6) is 0.823. The maximum Gasteiger partial charge on any atom is 0.145 e. The normalized spacial score (nSPS) is 20.2. The molecule has 1 aliphatic rings. The number of hydrogen-bond donors (Lipinski definition) is 1. The summed E-state index contributed by atoms with van der Waals surface area (Å²) in [6.45, 7) is 2.42. The molecule has 1 aromatic heterocycles. The molecule has 0 aliphatic carbocycles. The number of benzene rings is 1. The van der Waals surface area contributed by atoms with Crippen molar-refractivity contribution in [2.45, 2.75) is 12.5 Å². The number of rotatable bonds is 2. The van der Waals surface area contributed by atoms with Crippen LogP contribution in [0.15, 0.2) is 30.3 Å². The first-order valence-electron chi connectivity index (χ1n) is 6.63. The molecule has 4 heteroatoms. The third kappa shape index (κ3) is 2.55. The van der Waals surface area contributed by atoms with Crippen molar-refractivity contribution in [2.75, 3.05) is 26.9 Å². The number of fused-ring (bicyclic) bond motifs is 1. The van der Waals surface area contributed by atoms with Crippen molar-refractivity contribution in [1.29, 1.82) is 0 Å². The van der Waals surface area contributed by atoms with Crippen LogP contribution >= 0.6 is 0 Å². The number of ether oxygens (including phenoxy) is 2. The summed E-state index contributed by atoms with van der Waals surface area (Å²) < 4.78 is 10.9. The summed E-state index contributed by atoms with van der Waals surface area (Å²) in [5, 5.41) is 4.58. The molecule has 4 nitrogen and oxygen atoms in total. The molecular weight excluding hydrogens is 240 g/mol. The highest BCUT2D eigenvalue weighted by Crippen LogP contribution is 2.26. The molecule has 0 spiro atoms. The lowest BCUT2D eigenvalue weighted by molar-refractivity contribution is 0.150. The Morgan fingerprint density at radius 1 is 1.26 bits per heavy atom. The van der Waals surface area contributed by atoms with Gasteiger partial charge in [0, 0.05) is 18.5 Å². The fraction of sp³-hybridized carbons (Fsp3) is 0.400. The molecule has 0 bridgehead atoms. The highest BCUT2D eigenvalue weighted by atomic mass is 16.5. The largest absolute Gasteiger partial charge is 0.494 e. The molecule has 1 unspecified atom stereocenters. The number of methoxy groups -OCH3 is 1. The van der Waals surface area contributed by atoms with Gasteiger partial charge in [0.25, 0.3) is 0 Å². The first-order valence-corrected chi connectivity index (χ1v) is 6.63. The third-order valence-corrected chi connectivity index (χ3v) is 3.47. The van der Waals surface area contributed by atoms with Crippen LogP contribution in [0, 0.1) is 0 Å². The molecular formula is C15H18N2O2. The van der Waals surface area contributed by atoms with Gasteiger partial charge in [-0.05, 0) is 18.6 Å². The molecule has 1 aliphatic heterocycles. The van der Waals surface area contributed by atoms with Gasteiger partial charge >= 0.3 is 0 Å². The van der Waals surface area contributed by atoms with Crippen molar-refractivity contribution in [1.82, 2.24) is 10.3 Å². The van der Waals surface area contributed by atoms with Crippen molar-refractivity contribution in [3.05, 3.63) is 36.0 Å². The molecule has 0 radical (unpaired) electrons. The van der Waals surface area contributed by atoms with Gasteiger partial charge in [-0.2, -0.15) is 0 Å². The van der Waals surface area contributed by atoms with Crippen LogP contribution < -0.4 is 10.1 Å². The van der Waals surface area contributed by atoms with Crippen molar-refractivity contribution >= 4 is 10.9 Å². The molecule has 0 saturated carbocycles. The highest BCUT2D eigenvalue weighted by molar-refractivity contribution is 5.84. The van der Waals surface area contributed by atoms with Crippen LogP contribution in [0.5, 0.6) is 5.75 Å². The first-order chi connectivity index (χ1) is 9.38. The van der Waals surface area contributed by atoms with Gasteiger partial charge in [0.2, 0.25) is 0 Å². The lowest BCUT2D eigenvalue weighted by Crippen LogP contribution is -2.22. The van der Waals surface area contributed by atoms with Crippen LogP contribution in [0.4, 0.5) is 0 Å². The minimum absolute atomic E-state index is 0.261. The van der Waals surface area contributed by atoms with Crippen LogP contribution in [0.25, 0.3) is 10.9 Å². The van der Waals surface area contributed by atoms with E-state index in [2.05, 4.69) is 23.5 Å². The summed E-state index contributed by atoms with van der Waals surface area (Å²) in [4.78, 5) is 4.77. The molecule has 0 amide bonds. The van der Waals surface area contributed by atoms with Crippen LogP contribution in [-0.2, 0) is 4.74 Å². The molecule has 1 aromatic carbocycles. The summed E-state index contributed by atoms with van der Waals surface area (Å²) in [6, 6.07) is 10.4. The van der Waals surface area contributed by atoms with Crippen molar-refractivity contribution < 1.29 is 9.47 Å². The van der Waals surface area contributed by atoms with Gasteiger partial charge in [-0.15, -0.1) is 0 Å². The summed E-state index contributed by atoms with van der Waals surface area (Å²) >= 11 is 0. The Bertz CT molecular complexity index is 563. The second-order valence-electron chi connectivity index (χ2n) is 4.68. The molecule has 3 rings (SSSR count). The van der Waals surface area contributed by atoms with E-state index in [0.717, 1.165) is 48.5 Å². The number of pyridine rings is 1. The highest BCUT2D eigenvalue weighted by Gasteiger charge is 2.16. The van der Waals surface area contributed by atoms with E-state index in [0.29, 0.717) is 0 Å². The topological polar surface area (TPSA) is 43.4 Å². The summed E-state index contributed by atoms with van der Waals surface area (Å²) in [7, 11) is 1.68. The smallest absolute Gasteiger partial charge is 0.145 e. The minimum atomic E-state index is 0.261. The van der Waals surface area contributed by atoms with Crippen LogP contribution in [0.1, 0.15) is 18.2 Å². The zero-order valence-corrected chi connectivity index (χ0v) is 11.1. The Morgan fingerprint density at radius 3 is 3.11 bits per heavy atom. The van der Waals surface area contributed by atoms with Crippen molar-refractivity contribution in [2.24, 2.45) is 0 Å². The number of nitrogens with zero attached hydrogens (tertiary/aromatic N) is 1. The van der Waals surface area contributed by atoms with Crippen LogP contribution in [0.3, 0.4) is 0 Å². The van der Waals surface area contributed by atoms with E-state index in [-0.39, 0.29) is 6.04 Å². The predicted octanol–water partition coefficient (Wildman–Crippen LogP) is 2.29. The Labute approximate surface area is 112 Å². The molecule has 1 N–H and O–H groups in total. The van der Waals surface area contributed by atoms with Gasteiger partial charge < -0.3 is 14.8 Å². The number of nitrogens with one attached hydrogen (secondary N) is 1. The van der Waals surface area contributed by atoms with E-state index in [1.807, 2.05) is 12.1 Å². The van der Waals surface area contributed by atoms with E-state index >= 15 is 0 Å². The maximum atomic E-state index is 5.46. The lowest BCUT2D eigenvalue weighted by atomic mass is 10.1. The maximum absolute atomic E-state index is 5.46. The Balaban J connectivity index is 1.99. The van der Waals surface area contributed by atoms with E-state index in [1.165, 1.54) is 0 Å². The molecule has 19 heavy (non-hydrogen) atoms. The van der Waals surface area contributed by atoms with Crippen LogP contribution in [-0.4, -0.2) is 31.9 Å². The third-order valence-electron chi connectivity index (χ3n) is 3.47. The Morgan fingerprint density at radius 2 is 2.21 bits per heavy atom. The van der Waals surface area contributed by atoms with E-state index in [4.69, 9.17) is 14.5 Å². The summed E-state index contributed by atoms with van der Waals surface area (Å²) in [5.41, 5.74) is 1.98. The van der Waals surface area contributed by atoms with E-state index in [1.54, 1.807) is 7.11 Å². The zero-order valence-electron chi connectivity index (χ0n) is 11.1. The molecule has 1 saturated heterocycles.